The van der Waals surface area contributed by atoms with Crippen LogP contribution in [0.4, 0.5) is 0 Å². The van der Waals surface area contributed by atoms with Gasteiger partial charge in [-0.2, -0.15) is 0 Å². The molecule has 2 N–H and O–H groups in total. The Hall–Kier alpha value is -2.37. The molecule has 0 bridgehead atoms. The number of carboxylic acid groups (broad SMARTS) is 1. The summed E-state index contributed by atoms with van der Waals surface area (Å²) in [6.07, 6.45) is 3.41. The van der Waals surface area contributed by atoms with Crippen molar-refractivity contribution in [3.8, 4) is 0 Å². The maximum absolute atomic E-state index is 11.0. The Balaban J connectivity index is 2.26. The van der Waals surface area contributed by atoms with Crippen molar-refractivity contribution >= 4 is 22.9 Å². The zero-order valence-electron chi connectivity index (χ0n) is 9.83. The summed E-state index contributed by atoms with van der Waals surface area (Å²) in [6, 6.07) is 4.61. The van der Waals surface area contributed by atoms with Gasteiger partial charge in [0.2, 0.25) is 5.91 Å². The standard InChI is InChI=1S/C12H13N3O3/c1-8(16)14-10(12(17)18)7-15-6-4-9-3-2-5-13-11(9)15/h2-6,10H,7H2,1H3,(H,14,16)(H,17,18)/t10-/m1/s1. The van der Waals surface area contributed by atoms with Crippen LogP contribution in [0.5, 0.6) is 0 Å². The van der Waals surface area contributed by atoms with Crippen molar-refractivity contribution < 1.29 is 14.7 Å². The van der Waals surface area contributed by atoms with Gasteiger partial charge in [-0.3, -0.25) is 4.79 Å². The number of nitrogens with zero attached hydrogens (tertiary/aromatic N) is 2. The first-order chi connectivity index (χ1) is 8.58. The lowest BCUT2D eigenvalue weighted by Crippen LogP contribution is -2.42. The van der Waals surface area contributed by atoms with E-state index in [9.17, 15) is 9.59 Å². The highest BCUT2D eigenvalue weighted by Gasteiger charge is 2.19. The number of carboxylic acids is 1. The van der Waals surface area contributed by atoms with E-state index in [0.717, 1.165) is 5.39 Å². The number of amides is 1. The Morgan fingerprint density at radius 3 is 2.94 bits per heavy atom. The van der Waals surface area contributed by atoms with Crippen molar-refractivity contribution in [3.63, 3.8) is 0 Å². The maximum atomic E-state index is 11.0. The van der Waals surface area contributed by atoms with Crippen molar-refractivity contribution in [3.05, 3.63) is 30.6 Å². The van der Waals surface area contributed by atoms with E-state index in [0.29, 0.717) is 5.65 Å². The van der Waals surface area contributed by atoms with Crippen molar-refractivity contribution in [1.29, 1.82) is 0 Å². The molecule has 0 aromatic carbocycles. The van der Waals surface area contributed by atoms with Crippen molar-refractivity contribution in [2.24, 2.45) is 0 Å². The second-order valence-corrected chi connectivity index (χ2v) is 3.98. The van der Waals surface area contributed by atoms with Crippen molar-refractivity contribution in [1.82, 2.24) is 14.9 Å². The van der Waals surface area contributed by atoms with Gasteiger partial charge in [-0.15, -0.1) is 0 Å². The summed E-state index contributed by atoms with van der Waals surface area (Å²) in [4.78, 5) is 26.2. The summed E-state index contributed by atoms with van der Waals surface area (Å²) in [5, 5.41) is 12.4. The van der Waals surface area contributed by atoms with Crippen LogP contribution in [0.15, 0.2) is 30.6 Å². The van der Waals surface area contributed by atoms with Crippen LogP contribution in [-0.2, 0) is 16.1 Å². The van der Waals surface area contributed by atoms with Gasteiger partial charge in [-0.1, -0.05) is 0 Å². The van der Waals surface area contributed by atoms with E-state index in [-0.39, 0.29) is 12.5 Å². The number of aliphatic carboxylic acids is 1. The molecular formula is C12H13N3O3. The molecule has 0 fully saturated rings. The fourth-order valence-electron chi connectivity index (χ4n) is 1.80. The number of rotatable bonds is 4. The number of hydrogen-bond donors (Lipinski definition) is 2. The molecule has 1 atom stereocenters. The molecule has 0 saturated carbocycles. The molecule has 2 aromatic rings. The molecule has 18 heavy (non-hydrogen) atoms. The van der Waals surface area contributed by atoms with E-state index in [4.69, 9.17) is 5.11 Å². The number of carbonyl (C=O) groups excluding carboxylic acids is 1. The largest absolute Gasteiger partial charge is 0.480 e. The van der Waals surface area contributed by atoms with Crippen molar-refractivity contribution in [2.45, 2.75) is 19.5 Å². The Bertz CT molecular complexity index is 591. The molecule has 0 aliphatic rings. The molecule has 0 unspecified atom stereocenters. The van der Waals surface area contributed by atoms with Gasteiger partial charge >= 0.3 is 5.97 Å². The topological polar surface area (TPSA) is 84.2 Å². The average Bonchev–Trinajstić information content (AvgIpc) is 2.71. The van der Waals surface area contributed by atoms with Crippen LogP contribution in [0.3, 0.4) is 0 Å². The Kier molecular flexibility index (Phi) is 3.27. The molecule has 0 radical (unpaired) electrons. The maximum Gasteiger partial charge on any atom is 0.328 e. The minimum atomic E-state index is -1.07. The predicted octanol–water partition coefficient (Wildman–Crippen LogP) is 0.626. The fraction of sp³-hybridized carbons (Fsp3) is 0.250. The summed E-state index contributed by atoms with van der Waals surface area (Å²) in [7, 11) is 0. The molecule has 0 saturated heterocycles. The van der Waals surface area contributed by atoms with Gasteiger partial charge in [-0.25, -0.2) is 9.78 Å². The molecule has 6 heteroatoms. The van der Waals surface area contributed by atoms with E-state index < -0.39 is 12.0 Å². The Morgan fingerprint density at radius 1 is 1.50 bits per heavy atom. The number of nitrogens with one attached hydrogen (secondary N) is 1. The second kappa shape index (κ2) is 4.87. The third-order valence-electron chi connectivity index (χ3n) is 2.58. The number of hydrogen-bond acceptors (Lipinski definition) is 3. The van der Waals surface area contributed by atoms with Crippen LogP contribution >= 0.6 is 0 Å². The van der Waals surface area contributed by atoms with E-state index in [1.54, 1.807) is 17.0 Å². The molecule has 1 amide bonds. The molecule has 2 rings (SSSR count). The summed E-state index contributed by atoms with van der Waals surface area (Å²) >= 11 is 0. The number of pyridine rings is 1. The first-order valence-electron chi connectivity index (χ1n) is 5.47. The van der Waals surface area contributed by atoms with Gasteiger partial charge in [0, 0.05) is 24.7 Å². The highest BCUT2D eigenvalue weighted by molar-refractivity contribution is 5.82. The van der Waals surface area contributed by atoms with Crippen molar-refractivity contribution in [2.75, 3.05) is 0 Å². The Labute approximate surface area is 103 Å². The SMILES string of the molecule is CC(=O)N[C@H](Cn1ccc2cccnc21)C(=O)O. The van der Waals surface area contributed by atoms with E-state index in [1.165, 1.54) is 6.92 Å². The highest BCUT2D eigenvalue weighted by atomic mass is 16.4. The molecule has 0 aliphatic heterocycles. The van der Waals surface area contributed by atoms with Gasteiger partial charge in [0.25, 0.3) is 0 Å². The summed E-state index contributed by atoms with van der Waals surface area (Å²) < 4.78 is 1.71. The second-order valence-electron chi connectivity index (χ2n) is 3.98. The van der Waals surface area contributed by atoms with Crippen LogP contribution in [0.1, 0.15) is 6.92 Å². The van der Waals surface area contributed by atoms with Crippen LogP contribution < -0.4 is 5.32 Å². The van der Waals surface area contributed by atoms with Gasteiger partial charge in [-0.05, 0) is 18.2 Å². The molecule has 2 aromatic heterocycles. The van der Waals surface area contributed by atoms with E-state index in [2.05, 4.69) is 10.3 Å². The first kappa shape index (κ1) is 12.1. The third kappa shape index (κ3) is 2.48. The fourth-order valence-corrected chi connectivity index (χ4v) is 1.80. The average molecular weight is 247 g/mol. The minimum Gasteiger partial charge on any atom is -0.480 e. The van der Waals surface area contributed by atoms with Crippen LogP contribution in [0, 0.1) is 0 Å². The smallest absolute Gasteiger partial charge is 0.328 e. The minimum absolute atomic E-state index is 0.148. The number of aromatic nitrogens is 2. The zero-order chi connectivity index (χ0) is 13.1. The lowest BCUT2D eigenvalue weighted by atomic mass is 10.3. The van der Waals surface area contributed by atoms with Gasteiger partial charge in [0.05, 0.1) is 6.54 Å². The number of carbonyl (C=O) groups is 2. The lowest BCUT2D eigenvalue weighted by Gasteiger charge is -2.14. The van der Waals surface area contributed by atoms with E-state index >= 15 is 0 Å². The molecule has 94 valence electrons. The highest BCUT2D eigenvalue weighted by Crippen LogP contribution is 2.12. The number of fused-ring (bicyclic) bond motifs is 1. The first-order valence-corrected chi connectivity index (χ1v) is 5.47. The molecule has 0 aliphatic carbocycles. The zero-order valence-corrected chi connectivity index (χ0v) is 9.83. The van der Waals surface area contributed by atoms with Crippen LogP contribution in [0.2, 0.25) is 0 Å². The van der Waals surface area contributed by atoms with Gasteiger partial charge in [0.1, 0.15) is 11.7 Å². The van der Waals surface area contributed by atoms with Gasteiger partial charge < -0.3 is 15.0 Å². The lowest BCUT2D eigenvalue weighted by molar-refractivity contribution is -0.141. The Morgan fingerprint density at radius 2 is 2.28 bits per heavy atom. The monoisotopic (exact) mass is 247 g/mol. The molecule has 0 spiro atoms. The van der Waals surface area contributed by atoms with E-state index in [1.807, 2.05) is 18.2 Å². The quantitative estimate of drug-likeness (QED) is 0.829. The summed E-state index contributed by atoms with van der Waals surface area (Å²) in [5.41, 5.74) is 0.703. The predicted molar refractivity (Wildman–Crippen MR) is 65.0 cm³/mol. The summed E-state index contributed by atoms with van der Waals surface area (Å²) in [6.45, 7) is 1.44. The summed E-state index contributed by atoms with van der Waals surface area (Å²) in [5.74, 6) is -1.44. The van der Waals surface area contributed by atoms with Crippen LogP contribution in [0.25, 0.3) is 11.0 Å². The molecule has 6 nitrogen and oxygen atoms in total. The molecular weight excluding hydrogens is 234 g/mol. The normalized spacial score (nSPS) is 12.3. The van der Waals surface area contributed by atoms with Crippen LogP contribution in [-0.4, -0.2) is 32.6 Å². The van der Waals surface area contributed by atoms with Gasteiger partial charge in [0.15, 0.2) is 0 Å². The molecule has 2 heterocycles. The third-order valence-corrected chi connectivity index (χ3v) is 2.58.